The summed E-state index contributed by atoms with van der Waals surface area (Å²) in [5.74, 6) is 1.06. The summed E-state index contributed by atoms with van der Waals surface area (Å²) in [5.41, 5.74) is 0.746. The fraction of sp³-hybridized carbons (Fsp3) is 0.231. The monoisotopic (exact) mass is 289 g/mol. The number of methoxy groups -OCH3 is 1. The number of ether oxygens (including phenoxy) is 1. The number of rotatable bonds is 6. The van der Waals surface area contributed by atoms with E-state index in [2.05, 4.69) is 20.6 Å². The highest BCUT2D eigenvalue weighted by Gasteiger charge is 2.21. The fourth-order valence-corrected chi connectivity index (χ4v) is 1.83. The molecular weight excluding hydrogens is 274 g/mol. The van der Waals surface area contributed by atoms with Crippen LogP contribution in [0.5, 0.6) is 5.75 Å². The van der Waals surface area contributed by atoms with Gasteiger partial charge in [-0.1, -0.05) is 12.1 Å². The number of nitro groups is 1. The molecular formula is C13H15N5O3. The van der Waals surface area contributed by atoms with E-state index in [1.54, 1.807) is 14.2 Å². The largest absolute Gasteiger partial charge is 0.497 e. The van der Waals surface area contributed by atoms with Crippen LogP contribution in [0.1, 0.15) is 5.56 Å². The van der Waals surface area contributed by atoms with Gasteiger partial charge in [0.25, 0.3) is 0 Å². The molecule has 0 fully saturated rings. The molecule has 0 atom stereocenters. The fourth-order valence-electron chi connectivity index (χ4n) is 1.83. The molecule has 8 nitrogen and oxygen atoms in total. The summed E-state index contributed by atoms with van der Waals surface area (Å²) in [6, 6.07) is 7.42. The molecule has 2 rings (SSSR count). The second kappa shape index (κ2) is 6.51. The molecule has 0 saturated carbocycles. The molecule has 0 radical (unpaired) electrons. The Morgan fingerprint density at radius 2 is 2.10 bits per heavy atom. The van der Waals surface area contributed by atoms with Gasteiger partial charge in [0.15, 0.2) is 0 Å². The summed E-state index contributed by atoms with van der Waals surface area (Å²) in [6.45, 7) is 0.387. The lowest BCUT2D eigenvalue weighted by molar-refractivity contribution is -0.383. The van der Waals surface area contributed by atoms with Gasteiger partial charge >= 0.3 is 5.69 Å². The van der Waals surface area contributed by atoms with E-state index in [0.717, 1.165) is 11.3 Å². The minimum atomic E-state index is -0.514. The lowest BCUT2D eigenvalue weighted by atomic mass is 10.2. The highest BCUT2D eigenvalue weighted by atomic mass is 16.6. The molecule has 0 aliphatic heterocycles. The van der Waals surface area contributed by atoms with Crippen LogP contribution in [0.15, 0.2) is 30.6 Å². The van der Waals surface area contributed by atoms with Crippen molar-refractivity contribution in [3.8, 4) is 5.75 Å². The van der Waals surface area contributed by atoms with Crippen molar-refractivity contribution in [2.45, 2.75) is 6.54 Å². The molecule has 1 aromatic heterocycles. The molecule has 2 N–H and O–H groups in total. The predicted octanol–water partition coefficient (Wildman–Crippen LogP) is 2.05. The van der Waals surface area contributed by atoms with Crippen LogP contribution in [0.4, 0.5) is 17.3 Å². The Hall–Kier alpha value is -2.90. The van der Waals surface area contributed by atoms with Crippen LogP contribution in [0, 0.1) is 10.1 Å². The first kappa shape index (κ1) is 14.5. The van der Waals surface area contributed by atoms with E-state index in [1.165, 1.54) is 6.33 Å². The zero-order valence-electron chi connectivity index (χ0n) is 11.7. The van der Waals surface area contributed by atoms with Crippen LogP contribution in [0.2, 0.25) is 0 Å². The van der Waals surface area contributed by atoms with E-state index >= 15 is 0 Å². The van der Waals surface area contributed by atoms with Gasteiger partial charge in [-0.3, -0.25) is 10.1 Å². The second-order valence-electron chi connectivity index (χ2n) is 4.13. The highest BCUT2D eigenvalue weighted by molar-refractivity contribution is 5.69. The molecule has 2 aromatic rings. The molecule has 0 unspecified atom stereocenters. The van der Waals surface area contributed by atoms with Crippen molar-refractivity contribution >= 4 is 17.3 Å². The smallest absolute Gasteiger partial charge is 0.353 e. The third-order valence-corrected chi connectivity index (χ3v) is 2.84. The maximum Gasteiger partial charge on any atom is 0.353 e. The molecule has 110 valence electrons. The van der Waals surface area contributed by atoms with E-state index in [0.29, 0.717) is 6.54 Å². The quantitative estimate of drug-likeness (QED) is 0.619. The summed E-state index contributed by atoms with van der Waals surface area (Å²) in [4.78, 5) is 18.4. The van der Waals surface area contributed by atoms with Crippen LogP contribution in [0.3, 0.4) is 0 Å². The van der Waals surface area contributed by atoms with Gasteiger partial charge in [-0.2, -0.15) is 0 Å². The molecule has 0 saturated heterocycles. The Kier molecular flexibility index (Phi) is 4.50. The number of hydrogen-bond acceptors (Lipinski definition) is 7. The van der Waals surface area contributed by atoms with Crippen molar-refractivity contribution < 1.29 is 9.66 Å². The zero-order chi connectivity index (χ0) is 15.2. The first-order valence-electron chi connectivity index (χ1n) is 6.19. The Balaban J connectivity index is 2.21. The van der Waals surface area contributed by atoms with Crippen molar-refractivity contribution in [2.24, 2.45) is 0 Å². The average Bonchev–Trinajstić information content (AvgIpc) is 2.52. The normalized spacial score (nSPS) is 10.0. The van der Waals surface area contributed by atoms with Crippen molar-refractivity contribution in [1.29, 1.82) is 0 Å². The van der Waals surface area contributed by atoms with Crippen molar-refractivity contribution in [1.82, 2.24) is 9.97 Å². The third kappa shape index (κ3) is 3.35. The molecule has 0 aliphatic carbocycles. The van der Waals surface area contributed by atoms with Crippen LogP contribution in [-0.2, 0) is 6.54 Å². The molecule has 8 heteroatoms. The summed E-state index contributed by atoms with van der Waals surface area (Å²) in [5, 5.41) is 16.8. The first-order chi connectivity index (χ1) is 10.2. The number of hydrogen-bond donors (Lipinski definition) is 2. The molecule has 0 bridgehead atoms. The van der Waals surface area contributed by atoms with Crippen molar-refractivity contribution in [3.05, 3.63) is 46.3 Å². The van der Waals surface area contributed by atoms with E-state index in [1.807, 2.05) is 24.3 Å². The standard InChI is InChI=1S/C13H15N5O3/c1-14-12-11(18(19)20)13(17-8-16-12)15-7-9-4-3-5-10(6-9)21-2/h3-6,8H,7H2,1-2H3,(H2,14,15,16,17). The summed E-state index contributed by atoms with van der Waals surface area (Å²) in [6.07, 6.45) is 1.27. The van der Waals surface area contributed by atoms with Crippen molar-refractivity contribution in [3.63, 3.8) is 0 Å². The molecule has 0 spiro atoms. The van der Waals surface area contributed by atoms with Gasteiger partial charge in [-0.15, -0.1) is 0 Å². The SMILES string of the molecule is CNc1ncnc(NCc2cccc(OC)c2)c1[N+](=O)[O-]. The van der Waals surface area contributed by atoms with E-state index in [9.17, 15) is 10.1 Å². The Morgan fingerprint density at radius 3 is 2.76 bits per heavy atom. The zero-order valence-corrected chi connectivity index (χ0v) is 11.7. The van der Waals surface area contributed by atoms with Crippen LogP contribution in [0.25, 0.3) is 0 Å². The van der Waals surface area contributed by atoms with Crippen LogP contribution >= 0.6 is 0 Å². The number of aromatic nitrogens is 2. The van der Waals surface area contributed by atoms with Gasteiger partial charge in [0.05, 0.1) is 12.0 Å². The maximum absolute atomic E-state index is 11.1. The van der Waals surface area contributed by atoms with Gasteiger partial charge in [0.1, 0.15) is 12.1 Å². The lowest BCUT2D eigenvalue weighted by Gasteiger charge is -2.09. The van der Waals surface area contributed by atoms with E-state index in [4.69, 9.17) is 4.74 Å². The number of nitrogens with zero attached hydrogens (tertiary/aromatic N) is 3. The molecule has 21 heavy (non-hydrogen) atoms. The Morgan fingerprint density at radius 1 is 1.33 bits per heavy atom. The van der Waals surface area contributed by atoms with Crippen molar-refractivity contribution in [2.75, 3.05) is 24.8 Å². The summed E-state index contributed by atoms with van der Waals surface area (Å²) < 4.78 is 5.13. The summed E-state index contributed by atoms with van der Waals surface area (Å²) >= 11 is 0. The molecule has 1 aromatic carbocycles. The third-order valence-electron chi connectivity index (χ3n) is 2.84. The number of anilines is 2. The molecule has 0 amide bonds. The van der Waals surface area contributed by atoms with Crippen LogP contribution in [-0.4, -0.2) is 29.0 Å². The minimum Gasteiger partial charge on any atom is -0.497 e. The highest BCUT2D eigenvalue weighted by Crippen LogP contribution is 2.28. The second-order valence-corrected chi connectivity index (χ2v) is 4.13. The predicted molar refractivity (Wildman–Crippen MR) is 78.6 cm³/mol. The summed E-state index contributed by atoms with van der Waals surface area (Å²) in [7, 11) is 3.15. The first-order valence-corrected chi connectivity index (χ1v) is 6.19. The van der Waals surface area contributed by atoms with Gasteiger partial charge < -0.3 is 15.4 Å². The Labute approximate surface area is 121 Å². The number of benzene rings is 1. The topological polar surface area (TPSA) is 102 Å². The molecule has 1 heterocycles. The van der Waals surface area contributed by atoms with Gasteiger partial charge in [-0.25, -0.2) is 9.97 Å². The van der Waals surface area contributed by atoms with Gasteiger partial charge in [-0.05, 0) is 17.7 Å². The maximum atomic E-state index is 11.1. The van der Waals surface area contributed by atoms with Gasteiger partial charge in [0, 0.05) is 13.6 Å². The average molecular weight is 289 g/mol. The lowest BCUT2D eigenvalue weighted by Crippen LogP contribution is -2.08. The number of nitrogens with one attached hydrogen (secondary N) is 2. The Bertz CT molecular complexity index is 647. The molecule has 0 aliphatic rings. The van der Waals surface area contributed by atoms with E-state index in [-0.39, 0.29) is 17.3 Å². The minimum absolute atomic E-state index is 0.169. The van der Waals surface area contributed by atoms with Gasteiger partial charge in [0.2, 0.25) is 11.6 Å². The van der Waals surface area contributed by atoms with Crippen LogP contribution < -0.4 is 15.4 Å². The van der Waals surface area contributed by atoms with E-state index < -0.39 is 4.92 Å².